The highest BCUT2D eigenvalue weighted by molar-refractivity contribution is 7.08. The fourth-order valence-corrected chi connectivity index (χ4v) is 3.04. The molecule has 2 heterocycles. The van der Waals surface area contributed by atoms with Gasteiger partial charge in [-0.25, -0.2) is 0 Å². The van der Waals surface area contributed by atoms with Gasteiger partial charge in [0.1, 0.15) is 0 Å². The maximum absolute atomic E-state index is 12.3. The zero-order valence-electron chi connectivity index (χ0n) is 10.2. The maximum Gasteiger partial charge on any atom is 0.303 e. The van der Waals surface area contributed by atoms with E-state index in [9.17, 15) is 9.59 Å². The molecule has 2 rings (SSSR count). The lowest BCUT2D eigenvalue weighted by Gasteiger charge is -2.35. The Balaban J connectivity index is 2.03. The standard InChI is InChI=1S/C13H17NO3S/c15-12(16)5-4-11-3-1-2-7-14(11)13(17)10-6-8-18-9-10/h6,8-9,11H,1-5,7H2,(H,15,16)/t11-/m0/s1. The van der Waals surface area contributed by atoms with Crippen molar-refractivity contribution in [1.29, 1.82) is 0 Å². The summed E-state index contributed by atoms with van der Waals surface area (Å²) in [5.74, 6) is -0.741. The Morgan fingerprint density at radius 2 is 2.28 bits per heavy atom. The van der Waals surface area contributed by atoms with Crippen molar-refractivity contribution in [1.82, 2.24) is 4.90 Å². The molecule has 0 aromatic carbocycles. The Morgan fingerprint density at radius 3 is 2.94 bits per heavy atom. The monoisotopic (exact) mass is 267 g/mol. The predicted octanol–water partition coefficient (Wildman–Crippen LogP) is 2.61. The van der Waals surface area contributed by atoms with Gasteiger partial charge in [0.05, 0.1) is 5.56 Å². The average molecular weight is 267 g/mol. The molecular weight excluding hydrogens is 250 g/mol. The molecule has 1 saturated heterocycles. The van der Waals surface area contributed by atoms with E-state index < -0.39 is 5.97 Å². The molecule has 4 nitrogen and oxygen atoms in total. The van der Waals surface area contributed by atoms with E-state index in [2.05, 4.69) is 0 Å². The fraction of sp³-hybridized carbons (Fsp3) is 0.538. The van der Waals surface area contributed by atoms with E-state index in [-0.39, 0.29) is 18.4 Å². The number of carboxylic acid groups (broad SMARTS) is 1. The highest BCUT2D eigenvalue weighted by Crippen LogP contribution is 2.23. The number of hydrogen-bond donors (Lipinski definition) is 1. The number of carboxylic acids is 1. The number of amides is 1. The van der Waals surface area contributed by atoms with Crippen LogP contribution in [-0.4, -0.2) is 34.5 Å². The van der Waals surface area contributed by atoms with Crippen LogP contribution in [0.25, 0.3) is 0 Å². The second-order valence-corrected chi connectivity index (χ2v) is 5.37. The SMILES string of the molecule is O=C(O)CC[C@@H]1CCCCN1C(=O)c1ccsc1. The van der Waals surface area contributed by atoms with Crippen LogP contribution >= 0.6 is 11.3 Å². The minimum absolute atomic E-state index is 0.0475. The van der Waals surface area contributed by atoms with Gasteiger partial charge in [0.15, 0.2) is 0 Å². The molecule has 0 radical (unpaired) electrons. The lowest BCUT2D eigenvalue weighted by atomic mass is 9.97. The first-order chi connectivity index (χ1) is 8.68. The third kappa shape index (κ3) is 3.10. The molecule has 0 spiro atoms. The van der Waals surface area contributed by atoms with Gasteiger partial charge in [-0.3, -0.25) is 9.59 Å². The molecule has 98 valence electrons. The first-order valence-corrected chi connectivity index (χ1v) is 7.17. The largest absolute Gasteiger partial charge is 0.481 e. The summed E-state index contributed by atoms with van der Waals surface area (Å²) in [6, 6.07) is 1.91. The van der Waals surface area contributed by atoms with Crippen LogP contribution in [-0.2, 0) is 4.79 Å². The number of hydrogen-bond acceptors (Lipinski definition) is 3. The van der Waals surface area contributed by atoms with Crippen LogP contribution in [0.15, 0.2) is 16.8 Å². The molecular formula is C13H17NO3S. The Morgan fingerprint density at radius 1 is 1.44 bits per heavy atom. The molecule has 1 fully saturated rings. The number of carbonyl (C=O) groups excluding carboxylic acids is 1. The third-order valence-electron chi connectivity index (χ3n) is 3.35. The molecule has 0 saturated carbocycles. The zero-order valence-corrected chi connectivity index (χ0v) is 11.0. The van der Waals surface area contributed by atoms with Gasteiger partial charge in [0.25, 0.3) is 5.91 Å². The van der Waals surface area contributed by atoms with Gasteiger partial charge in [0, 0.05) is 24.4 Å². The second kappa shape index (κ2) is 6.00. The van der Waals surface area contributed by atoms with Crippen LogP contribution in [0.3, 0.4) is 0 Å². The van der Waals surface area contributed by atoms with Crippen molar-refractivity contribution in [3.8, 4) is 0 Å². The van der Waals surface area contributed by atoms with Crippen molar-refractivity contribution < 1.29 is 14.7 Å². The summed E-state index contributed by atoms with van der Waals surface area (Å²) < 4.78 is 0. The molecule has 1 aromatic rings. The van der Waals surface area contributed by atoms with Crippen LogP contribution in [0.4, 0.5) is 0 Å². The van der Waals surface area contributed by atoms with Crippen molar-refractivity contribution in [3.63, 3.8) is 0 Å². The number of aliphatic carboxylic acids is 1. The summed E-state index contributed by atoms with van der Waals surface area (Å²) in [5.41, 5.74) is 0.724. The Hall–Kier alpha value is -1.36. The molecule has 1 amide bonds. The van der Waals surface area contributed by atoms with Gasteiger partial charge < -0.3 is 10.0 Å². The van der Waals surface area contributed by atoms with Gasteiger partial charge in [-0.15, -0.1) is 0 Å². The van der Waals surface area contributed by atoms with E-state index >= 15 is 0 Å². The Bertz CT molecular complexity index is 416. The van der Waals surface area contributed by atoms with Gasteiger partial charge >= 0.3 is 5.97 Å². The van der Waals surface area contributed by atoms with E-state index in [4.69, 9.17) is 5.11 Å². The molecule has 5 heteroatoms. The normalized spacial score (nSPS) is 19.8. The highest BCUT2D eigenvalue weighted by atomic mass is 32.1. The molecule has 0 bridgehead atoms. The average Bonchev–Trinajstić information content (AvgIpc) is 2.89. The summed E-state index contributed by atoms with van der Waals surface area (Å²) in [6.07, 6.45) is 3.71. The third-order valence-corrected chi connectivity index (χ3v) is 4.03. The van der Waals surface area contributed by atoms with Gasteiger partial charge in [0.2, 0.25) is 0 Å². The van der Waals surface area contributed by atoms with Crippen molar-refractivity contribution >= 4 is 23.2 Å². The number of nitrogens with zero attached hydrogens (tertiary/aromatic N) is 1. The molecule has 1 aromatic heterocycles. The quantitative estimate of drug-likeness (QED) is 0.912. The number of likely N-dealkylation sites (tertiary alicyclic amines) is 1. The molecule has 0 unspecified atom stereocenters. The Labute approximate surface area is 110 Å². The van der Waals surface area contributed by atoms with Gasteiger partial charge in [-0.2, -0.15) is 11.3 Å². The molecule has 1 atom stereocenters. The lowest BCUT2D eigenvalue weighted by Crippen LogP contribution is -2.43. The van der Waals surface area contributed by atoms with Crippen LogP contribution in [0.5, 0.6) is 0 Å². The maximum atomic E-state index is 12.3. The van der Waals surface area contributed by atoms with Crippen LogP contribution in [0.1, 0.15) is 42.5 Å². The number of rotatable bonds is 4. The predicted molar refractivity (Wildman–Crippen MR) is 69.9 cm³/mol. The van der Waals surface area contributed by atoms with Crippen LogP contribution in [0, 0.1) is 0 Å². The van der Waals surface area contributed by atoms with E-state index in [1.807, 2.05) is 21.7 Å². The summed E-state index contributed by atoms with van der Waals surface area (Å²) in [7, 11) is 0. The first kappa shape index (κ1) is 13.1. The molecule has 0 aliphatic carbocycles. The van der Waals surface area contributed by atoms with Gasteiger partial charge in [-0.1, -0.05) is 0 Å². The van der Waals surface area contributed by atoms with E-state index in [1.165, 1.54) is 11.3 Å². The van der Waals surface area contributed by atoms with E-state index in [1.54, 1.807) is 0 Å². The summed E-state index contributed by atoms with van der Waals surface area (Å²) in [6.45, 7) is 0.749. The summed E-state index contributed by atoms with van der Waals surface area (Å²) >= 11 is 1.51. The second-order valence-electron chi connectivity index (χ2n) is 4.59. The van der Waals surface area contributed by atoms with Crippen molar-refractivity contribution in [2.45, 2.75) is 38.1 Å². The van der Waals surface area contributed by atoms with Crippen LogP contribution < -0.4 is 0 Å². The van der Waals surface area contributed by atoms with Crippen LogP contribution in [0.2, 0.25) is 0 Å². The summed E-state index contributed by atoms with van der Waals surface area (Å²) in [5, 5.41) is 12.5. The molecule has 1 aliphatic heterocycles. The number of thiophene rings is 1. The summed E-state index contributed by atoms with van der Waals surface area (Å²) in [4.78, 5) is 24.8. The fourth-order valence-electron chi connectivity index (χ4n) is 2.41. The zero-order chi connectivity index (χ0) is 13.0. The topological polar surface area (TPSA) is 57.6 Å². The number of carbonyl (C=O) groups is 2. The van der Waals surface area contributed by atoms with Crippen molar-refractivity contribution in [2.75, 3.05) is 6.54 Å². The van der Waals surface area contributed by atoms with E-state index in [0.717, 1.165) is 31.4 Å². The Kier molecular flexibility index (Phi) is 4.36. The molecule has 1 aliphatic rings. The van der Waals surface area contributed by atoms with Crippen molar-refractivity contribution in [2.24, 2.45) is 0 Å². The minimum Gasteiger partial charge on any atom is -0.481 e. The van der Waals surface area contributed by atoms with Crippen molar-refractivity contribution in [3.05, 3.63) is 22.4 Å². The van der Waals surface area contributed by atoms with Gasteiger partial charge in [-0.05, 0) is 37.1 Å². The highest BCUT2D eigenvalue weighted by Gasteiger charge is 2.27. The first-order valence-electron chi connectivity index (χ1n) is 6.23. The lowest BCUT2D eigenvalue weighted by molar-refractivity contribution is -0.137. The smallest absolute Gasteiger partial charge is 0.303 e. The minimum atomic E-state index is -0.788. The number of piperidine rings is 1. The molecule has 18 heavy (non-hydrogen) atoms. The van der Waals surface area contributed by atoms with E-state index in [0.29, 0.717) is 6.42 Å². The molecule has 1 N–H and O–H groups in total.